The highest BCUT2D eigenvalue weighted by Crippen LogP contribution is 2.11. The van der Waals surface area contributed by atoms with Crippen LogP contribution in [0.1, 0.15) is 32.1 Å². The lowest BCUT2D eigenvalue weighted by Gasteiger charge is -2.23. The molecule has 1 aliphatic rings. The maximum absolute atomic E-state index is 11.5. The van der Waals surface area contributed by atoms with Gasteiger partial charge in [-0.3, -0.25) is 4.79 Å². The summed E-state index contributed by atoms with van der Waals surface area (Å²) in [4.78, 5) is 22.2. The van der Waals surface area contributed by atoms with Crippen LogP contribution < -0.4 is 10.6 Å². The molecule has 1 amide bonds. The number of carbonyl (C=O) groups excluding carboxylic acids is 1. The minimum absolute atomic E-state index is 0.0166. The second-order valence-electron chi connectivity index (χ2n) is 4.55. The van der Waals surface area contributed by atoms with Crippen LogP contribution in [0, 0.1) is 0 Å². The van der Waals surface area contributed by atoms with E-state index in [2.05, 4.69) is 10.6 Å². The molecular formula is C12H22N2O4. The van der Waals surface area contributed by atoms with E-state index in [0.717, 1.165) is 19.4 Å². The van der Waals surface area contributed by atoms with Crippen molar-refractivity contribution < 1.29 is 19.4 Å². The third-order valence-electron chi connectivity index (χ3n) is 3.18. The van der Waals surface area contributed by atoms with Gasteiger partial charge in [0.1, 0.15) is 0 Å². The number of piperidine rings is 1. The van der Waals surface area contributed by atoms with E-state index in [4.69, 9.17) is 9.84 Å². The Balaban J connectivity index is 2.14. The minimum Gasteiger partial charge on any atom is -0.479 e. The second kappa shape index (κ2) is 8.05. The Hall–Kier alpha value is -1.14. The monoisotopic (exact) mass is 258 g/mol. The average Bonchev–Trinajstić information content (AvgIpc) is 2.38. The molecule has 0 aromatic heterocycles. The lowest BCUT2D eigenvalue weighted by molar-refractivity contribution is -0.148. The Labute approximate surface area is 107 Å². The van der Waals surface area contributed by atoms with Gasteiger partial charge in [-0.2, -0.15) is 0 Å². The molecule has 1 rings (SSSR count). The molecule has 1 saturated heterocycles. The number of nitrogens with one attached hydrogen (secondary N) is 2. The molecule has 2 unspecified atom stereocenters. The van der Waals surface area contributed by atoms with Crippen molar-refractivity contribution in [3.8, 4) is 0 Å². The zero-order valence-electron chi connectivity index (χ0n) is 10.8. The van der Waals surface area contributed by atoms with Crippen molar-refractivity contribution in [2.45, 2.75) is 44.2 Å². The zero-order valence-corrected chi connectivity index (χ0v) is 10.8. The number of amides is 1. The molecule has 0 radical (unpaired) electrons. The van der Waals surface area contributed by atoms with E-state index in [-0.39, 0.29) is 12.5 Å². The van der Waals surface area contributed by atoms with Crippen molar-refractivity contribution in [1.29, 1.82) is 0 Å². The van der Waals surface area contributed by atoms with Gasteiger partial charge >= 0.3 is 5.97 Å². The number of aliphatic carboxylic acids is 1. The van der Waals surface area contributed by atoms with Gasteiger partial charge in [0, 0.05) is 19.6 Å². The molecule has 3 N–H and O–H groups in total. The first-order valence-corrected chi connectivity index (χ1v) is 6.39. The highest BCUT2D eigenvalue weighted by atomic mass is 16.5. The standard InChI is InChI=1S/C12H22N2O4/c1-18-10(12(16)17)8-14-11(15)6-5-9-4-2-3-7-13-9/h9-10,13H,2-8H2,1H3,(H,14,15)(H,16,17). The van der Waals surface area contributed by atoms with Crippen molar-refractivity contribution in [2.75, 3.05) is 20.2 Å². The number of rotatable bonds is 7. The van der Waals surface area contributed by atoms with Gasteiger partial charge in [0.15, 0.2) is 6.10 Å². The molecule has 0 aromatic rings. The Morgan fingerprint density at radius 3 is 2.83 bits per heavy atom. The smallest absolute Gasteiger partial charge is 0.334 e. The number of hydrogen-bond acceptors (Lipinski definition) is 4. The van der Waals surface area contributed by atoms with Gasteiger partial charge in [0.25, 0.3) is 0 Å². The Morgan fingerprint density at radius 1 is 1.50 bits per heavy atom. The largest absolute Gasteiger partial charge is 0.479 e. The third-order valence-corrected chi connectivity index (χ3v) is 3.18. The highest BCUT2D eigenvalue weighted by Gasteiger charge is 2.18. The normalized spacial score (nSPS) is 21.3. The molecule has 2 atom stereocenters. The van der Waals surface area contributed by atoms with Crippen LogP contribution in [0.5, 0.6) is 0 Å². The molecule has 0 aliphatic carbocycles. The van der Waals surface area contributed by atoms with Gasteiger partial charge in [0.05, 0.1) is 6.54 Å². The highest BCUT2D eigenvalue weighted by molar-refractivity contribution is 5.78. The SMILES string of the molecule is COC(CNC(=O)CCC1CCCCN1)C(=O)O. The Kier molecular flexibility index (Phi) is 6.67. The first-order chi connectivity index (χ1) is 8.63. The molecule has 0 saturated carbocycles. The summed E-state index contributed by atoms with van der Waals surface area (Å²) in [5.74, 6) is -1.18. The topological polar surface area (TPSA) is 87.7 Å². The van der Waals surface area contributed by atoms with Crippen molar-refractivity contribution in [2.24, 2.45) is 0 Å². The van der Waals surface area contributed by atoms with Crippen LogP contribution in [0.2, 0.25) is 0 Å². The quantitative estimate of drug-likeness (QED) is 0.604. The fourth-order valence-corrected chi connectivity index (χ4v) is 2.04. The maximum atomic E-state index is 11.5. The van der Waals surface area contributed by atoms with Crippen LogP contribution in [0.3, 0.4) is 0 Å². The van der Waals surface area contributed by atoms with Gasteiger partial charge in [-0.25, -0.2) is 4.79 Å². The molecule has 1 aliphatic heterocycles. The first kappa shape index (κ1) is 14.9. The zero-order chi connectivity index (χ0) is 13.4. The van der Waals surface area contributed by atoms with Crippen molar-refractivity contribution in [3.05, 3.63) is 0 Å². The molecule has 0 spiro atoms. The summed E-state index contributed by atoms with van der Waals surface area (Å²) in [6, 6.07) is 0.419. The predicted molar refractivity (Wildman–Crippen MR) is 66.3 cm³/mol. The third kappa shape index (κ3) is 5.46. The molecule has 1 fully saturated rings. The molecule has 104 valence electrons. The van der Waals surface area contributed by atoms with E-state index >= 15 is 0 Å². The summed E-state index contributed by atoms with van der Waals surface area (Å²) in [5.41, 5.74) is 0. The van der Waals surface area contributed by atoms with E-state index in [1.807, 2.05) is 0 Å². The molecule has 18 heavy (non-hydrogen) atoms. The second-order valence-corrected chi connectivity index (χ2v) is 4.55. The summed E-state index contributed by atoms with van der Waals surface area (Å²) in [7, 11) is 1.32. The van der Waals surface area contributed by atoms with E-state index < -0.39 is 12.1 Å². The van der Waals surface area contributed by atoms with Gasteiger partial charge in [-0.1, -0.05) is 6.42 Å². The maximum Gasteiger partial charge on any atom is 0.334 e. The summed E-state index contributed by atoms with van der Waals surface area (Å²) < 4.78 is 4.73. The number of carbonyl (C=O) groups is 2. The molecule has 0 bridgehead atoms. The number of carboxylic acids is 1. The van der Waals surface area contributed by atoms with Crippen molar-refractivity contribution in [3.63, 3.8) is 0 Å². The summed E-state index contributed by atoms with van der Waals surface area (Å²) >= 11 is 0. The van der Waals surface area contributed by atoms with E-state index in [9.17, 15) is 9.59 Å². The molecule has 0 aromatic carbocycles. The van der Waals surface area contributed by atoms with E-state index in [1.165, 1.54) is 20.0 Å². The predicted octanol–water partition coefficient (Wildman–Crippen LogP) is 0.125. The van der Waals surface area contributed by atoms with E-state index in [1.54, 1.807) is 0 Å². The fourth-order valence-electron chi connectivity index (χ4n) is 2.04. The van der Waals surface area contributed by atoms with Gasteiger partial charge in [0.2, 0.25) is 5.91 Å². The molecule has 1 heterocycles. The number of ether oxygens (including phenoxy) is 1. The van der Waals surface area contributed by atoms with Crippen LogP contribution in [-0.4, -0.2) is 49.3 Å². The first-order valence-electron chi connectivity index (χ1n) is 6.39. The molecular weight excluding hydrogens is 236 g/mol. The lowest BCUT2D eigenvalue weighted by Crippen LogP contribution is -2.39. The Bertz CT molecular complexity index is 277. The van der Waals surface area contributed by atoms with Crippen molar-refractivity contribution >= 4 is 11.9 Å². The van der Waals surface area contributed by atoms with Gasteiger partial charge < -0.3 is 20.5 Å². The fraction of sp³-hybridized carbons (Fsp3) is 0.833. The number of methoxy groups -OCH3 is 1. The minimum atomic E-state index is -1.06. The Morgan fingerprint density at radius 2 is 2.28 bits per heavy atom. The van der Waals surface area contributed by atoms with Crippen LogP contribution >= 0.6 is 0 Å². The lowest BCUT2D eigenvalue weighted by atomic mass is 10.0. The molecule has 6 heteroatoms. The number of hydrogen-bond donors (Lipinski definition) is 3. The summed E-state index contributed by atoms with van der Waals surface area (Å²) in [6.45, 7) is 1.04. The van der Waals surface area contributed by atoms with E-state index in [0.29, 0.717) is 12.5 Å². The average molecular weight is 258 g/mol. The van der Waals surface area contributed by atoms with Gasteiger partial charge in [-0.15, -0.1) is 0 Å². The van der Waals surface area contributed by atoms with Crippen molar-refractivity contribution in [1.82, 2.24) is 10.6 Å². The van der Waals surface area contributed by atoms with Crippen LogP contribution in [0.4, 0.5) is 0 Å². The molecule has 6 nitrogen and oxygen atoms in total. The van der Waals surface area contributed by atoms with Crippen LogP contribution in [0.15, 0.2) is 0 Å². The summed E-state index contributed by atoms with van der Waals surface area (Å²) in [5, 5.41) is 14.7. The number of carboxylic acid groups (broad SMARTS) is 1. The van der Waals surface area contributed by atoms with Crippen LogP contribution in [0.25, 0.3) is 0 Å². The summed E-state index contributed by atoms with van der Waals surface area (Å²) in [6.07, 6.45) is 3.79. The van der Waals surface area contributed by atoms with Gasteiger partial charge in [-0.05, 0) is 25.8 Å². The van der Waals surface area contributed by atoms with Crippen LogP contribution in [-0.2, 0) is 14.3 Å².